The molecule has 2 nitrogen and oxygen atoms in total. The molecule has 110 valence electrons. The Labute approximate surface area is 129 Å². The van der Waals surface area contributed by atoms with Crippen molar-refractivity contribution in [3.05, 3.63) is 70.0 Å². The molecule has 4 heteroatoms. The highest BCUT2D eigenvalue weighted by Crippen LogP contribution is 2.30. The lowest BCUT2D eigenvalue weighted by molar-refractivity contribution is 0.180. The van der Waals surface area contributed by atoms with Crippen molar-refractivity contribution in [1.82, 2.24) is 4.90 Å². The maximum absolute atomic E-state index is 13.6. The van der Waals surface area contributed by atoms with Crippen LogP contribution in [0.15, 0.2) is 42.5 Å². The fourth-order valence-corrected chi connectivity index (χ4v) is 3.16. The van der Waals surface area contributed by atoms with Crippen LogP contribution in [0, 0.1) is 5.82 Å². The Morgan fingerprint density at radius 2 is 2.05 bits per heavy atom. The molecule has 0 fully saturated rings. The van der Waals surface area contributed by atoms with E-state index in [9.17, 15) is 4.39 Å². The lowest BCUT2D eigenvalue weighted by Gasteiger charge is -2.36. The largest absolute Gasteiger partial charge is 0.329 e. The SMILES string of the molecule is NCC1c2ccccc2CCN1Cc1ccc(Cl)c(F)c1. The molecule has 2 N–H and O–H groups in total. The average molecular weight is 305 g/mol. The number of hydrogen-bond donors (Lipinski definition) is 1. The molecule has 0 spiro atoms. The Balaban J connectivity index is 1.84. The van der Waals surface area contributed by atoms with Gasteiger partial charge in [-0.1, -0.05) is 41.9 Å². The van der Waals surface area contributed by atoms with E-state index in [1.165, 1.54) is 17.2 Å². The lowest BCUT2D eigenvalue weighted by Crippen LogP contribution is -2.38. The van der Waals surface area contributed by atoms with E-state index in [0.717, 1.165) is 18.5 Å². The molecule has 0 aliphatic carbocycles. The Hall–Kier alpha value is -1.42. The van der Waals surface area contributed by atoms with Gasteiger partial charge in [-0.05, 0) is 35.2 Å². The topological polar surface area (TPSA) is 29.3 Å². The molecule has 0 amide bonds. The zero-order valence-corrected chi connectivity index (χ0v) is 12.5. The molecule has 1 aliphatic rings. The molecule has 0 saturated carbocycles. The number of nitrogens with zero attached hydrogens (tertiary/aromatic N) is 1. The summed E-state index contributed by atoms with van der Waals surface area (Å²) in [4.78, 5) is 2.31. The normalized spacial score (nSPS) is 18.5. The van der Waals surface area contributed by atoms with Gasteiger partial charge in [-0.2, -0.15) is 0 Å². The first-order chi connectivity index (χ1) is 10.2. The summed E-state index contributed by atoms with van der Waals surface area (Å²) in [7, 11) is 0. The molecule has 2 aromatic rings. The molecule has 1 unspecified atom stereocenters. The van der Waals surface area contributed by atoms with Gasteiger partial charge in [0, 0.05) is 25.7 Å². The first-order valence-corrected chi connectivity index (χ1v) is 7.52. The van der Waals surface area contributed by atoms with Crippen LogP contribution in [-0.4, -0.2) is 18.0 Å². The molecule has 0 bridgehead atoms. The molecule has 1 aliphatic heterocycles. The van der Waals surface area contributed by atoms with E-state index in [0.29, 0.717) is 13.1 Å². The number of halogens is 2. The first kappa shape index (κ1) is 14.5. The van der Waals surface area contributed by atoms with Crippen LogP contribution in [0.4, 0.5) is 4.39 Å². The summed E-state index contributed by atoms with van der Waals surface area (Å²) >= 11 is 5.74. The van der Waals surface area contributed by atoms with Gasteiger partial charge in [-0.25, -0.2) is 4.39 Å². The molecular formula is C17H18ClFN2. The summed E-state index contributed by atoms with van der Waals surface area (Å²) in [6.07, 6.45) is 1.00. The van der Waals surface area contributed by atoms with Crippen LogP contribution in [0.3, 0.4) is 0 Å². The van der Waals surface area contributed by atoms with E-state index < -0.39 is 0 Å². The maximum Gasteiger partial charge on any atom is 0.142 e. The summed E-state index contributed by atoms with van der Waals surface area (Å²) in [5.74, 6) is -0.365. The minimum Gasteiger partial charge on any atom is -0.329 e. The van der Waals surface area contributed by atoms with E-state index >= 15 is 0 Å². The standard InChI is InChI=1S/C17H18ClFN2/c18-15-6-5-12(9-16(15)19)11-21-8-7-13-3-1-2-4-14(13)17(21)10-20/h1-6,9,17H,7-8,10-11,20H2. The molecule has 0 aromatic heterocycles. The number of fused-ring (bicyclic) bond motifs is 1. The highest BCUT2D eigenvalue weighted by Gasteiger charge is 2.25. The molecule has 1 atom stereocenters. The summed E-state index contributed by atoms with van der Waals surface area (Å²) < 4.78 is 13.6. The second-order valence-electron chi connectivity index (χ2n) is 5.42. The summed E-state index contributed by atoms with van der Waals surface area (Å²) in [5, 5.41) is 0.165. The van der Waals surface area contributed by atoms with Gasteiger partial charge in [-0.15, -0.1) is 0 Å². The molecular weight excluding hydrogens is 287 g/mol. The third kappa shape index (κ3) is 2.95. The van der Waals surface area contributed by atoms with Crippen molar-refractivity contribution in [1.29, 1.82) is 0 Å². The van der Waals surface area contributed by atoms with Crippen LogP contribution in [0.25, 0.3) is 0 Å². The van der Waals surface area contributed by atoms with Crippen LogP contribution < -0.4 is 5.73 Å². The van der Waals surface area contributed by atoms with Gasteiger partial charge in [0.15, 0.2) is 0 Å². The quantitative estimate of drug-likeness (QED) is 0.940. The minimum absolute atomic E-state index is 0.165. The zero-order valence-electron chi connectivity index (χ0n) is 11.7. The van der Waals surface area contributed by atoms with Crippen molar-refractivity contribution in [3.8, 4) is 0 Å². The number of nitrogens with two attached hydrogens (primary N) is 1. The predicted molar refractivity (Wildman–Crippen MR) is 83.8 cm³/mol. The predicted octanol–water partition coefficient (Wildman–Crippen LogP) is 3.54. The zero-order chi connectivity index (χ0) is 14.8. The van der Waals surface area contributed by atoms with Gasteiger partial charge in [-0.3, -0.25) is 4.90 Å². The van der Waals surface area contributed by atoms with Crippen molar-refractivity contribution in [2.45, 2.75) is 19.0 Å². The van der Waals surface area contributed by atoms with Gasteiger partial charge < -0.3 is 5.73 Å². The van der Waals surface area contributed by atoms with Crippen molar-refractivity contribution in [2.75, 3.05) is 13.1 Å². The summed E-state index contributed by atoms with van der Waals surface area (Å²) in [5.41, 5.74) is 9.56. The van der Waals surface area contributed by atoms with Crippen LogP contribution >= 0.6 is 11.6 Å². The Morgan fingerprint density at radius 1 is 1.24 bits per heavy atom. The van der Waals surface area contributed by atoms with Crippen LogP contribution in [-0.2, 0) is 13.0 Å². The van der Waals surface area contributed by atoms with Crippen molar-refractivity contribution < 1.29 is 4.39 Å². The van der Waals surface area contributed by atoms with E-state index in [4.69, 9.17) is 17.3 Å². The minimum atomic E-state index is -0.365. The molecule has 1 heterocycles. The first-order valence-electron chi connectivity index (χ1n) is 7.15. The molecule has 0 radical (unpaired) electrons. The van der Waals surface area contributed by atoms with Gasteiger partial charge in [0.1, 0.15) is 5.82 Å². The average Bonchev–Trinajstić information content (AvgIpc) is 2.51. The van der Waals surface area contributed by atoms with E-state index in [2.05, 4.69) is 23.1 Å². The fraction of sp³-hybridized carbons (Fsp3) is 0.294. The molecule has 3 rings (SSSR count). The Bertz CT molecular complexity index is 644. The van der Waals surface area contributed by atoms with Crippen molar-refractivity contribution >= 4 is 11.6 Å². The van der Waals surface area contributed by atoms with Gasteiger partial charge in [0.2, 0.25) is 0 Å². The van der Waals surface area contributed by atoms with Crippen molar-refractivity contribution in [3.63, 3.8) is 0 Å². The number of benzene rings is 2. The Morgan fingerprint density at radius 3 is 2.81 bits per heavy atom. The van der Waals surface area contributed by atoms with Crippen LogP contribution in [0.1, 0.15) is 22.7 Å². The third-order valence-corrected chi connectivity index (χ3v) is 4.42. The second-order valence-corrected chi connectivity index (χ2v) is 5.83. The number of hydrogen-bond acceptors (Lipinski definition) is 2. The Kier molecular flexibility index (Phi) is 4.24. The van der Waals surface area contributed by atoms with Crippen LogP contribution in [0.2, 0.25) is 5.02 Å². The molecule has 0 saturated heterocycles. The lowest BCUT2D eigenvalue weighted by atomic mass is 9.92. The van der Waals surface area contributed by atoms with E-state index in [-0.39, 0.29) is 16.9 Å². The van der Waals surface area contributed by atoms with E-state index in [1.54, 1.807) is 6.07 Å². The number of rotatable bonds is 3. The van der Waals surface area contributed by atoms with Crippen LogP contribution in [0.5, 0.6) is 0 Å². The summed E-state index contributed by atoms with van der Waals surface area (Å²) in [6, 6.07) is 13.6. The highest BCUT2D eigenvalue weighted by molar-refractivity contribution is 6.30. The highest BCUT2D eigenvalue weighted by atomic mass is 35.5. The molecule has 21 heavy (non-hydrogen) atoms. The van der Waals surface area contributed by atoms with Gasteiger partial charge in [0.25, 0.3) is 0 Å². The fourth-order valence-electron chi connectivity index (χ4n) is 3.04. The smallest absolute Gasteiger partial charge is 0.142 e. The molecule has 2 aromatic carbocycles. The maximum atomic E-state index is 13.6. The van der Waals surface area contributed by atoms with Gasteiger partial charge in [0.05, 0.1) is 5.02 Å². The second kappa shape index (κ2) is 6.14. The summed E-state index contributed by atoms with van der Waals surface area (Å²) in [6.45, 7) is 2.18. The van der Waals surface area contributed by atoms with E-state index in [1.807, 2.05) is 12.1 Å². The monoisotopic (exact) mass is 304 g/mol. The van der Waals surface area contributed by atoms with Gasteiger partial charge >= 0.3 is 0 Å². The third-order valence-electron chi connectivity index (χ3n) is 4.12. The van der Waals surface area contributed by atoms with Crippen molar-refractivity contribution in [2.24, 2.45) is 5.73 Å².